The van der Waals surface area contributed by atoms with E-state index in [4.69, 9.17) is 4.74 Å². The summed E-state index contributed by atoms with van der Waals surface area (Å²) in [5, 5.41) is 16.1. The molecule has 8 heteroatoms. The van der Waals surface area contributed by atoms with Gasteiger partial charge in [-0.15, -0.1) is 10.2 Å². The maximum atomic E-state index is 12.7. The first-order valence-electron chi connectivity index (χ1n) is 12.3. The first-order chi connectivity index (χ1) is 18.6. The van der Waals surface area contributed by atoms with E-state index in [0.29, 0.717) is 17.6 Å². The summed E-state index contributed by atoms with van der Waals surface area (Å²) in [4.78, 5) is 12.7. The third-order valence-corrected chi connectivity index (χ3v) is 6.85. The van der Waals surface area contributed by atoms with E-state index in [1.807, 2.05) is 91.2 Å². The van der Waals surface area contributed by atoms with Gasteiger partial charge in [0.15, 0.2) is 11.0 Å². The molecule has 0 saturated carbocycles. The second-order valence-corrected chi connectivity index (χ2v) is 9.46. The molecule has 0 aliphatic rings. The van der Waals surface area contributed by atoms with Crippen LogP contribution in [-0.2, 0) is 4.79 Å². The van der Waals surface area contributed by atoms with Crippen LogP contribution >= 0.6 is 11.8 Å². The van der Waals surface area contributed by atoms with Crippen LogP contribution in [-0.4, -0.2) is 38.7 Å². The number of hydrazone groups is 1. The van der Waals surface area contributed by atoms with E-state index >= 15 is 0 Å². The zero-order chi connectivity index (χ0) is 26.3. The van der Waals surface area contributed by atoms with E-state index in [0.717, 1.165) is 39.0 Å². The van der Waals surface area contributed by atoms with Crippen molar-refractivity contribution in [3.63, 3.8) is 0 Å². The molecule has 0 aliphatic heterocycles. The minimum absolute atomic E-state index is 0.137. The Balaban J connectivity index is 1.32. The van der Waals surface area contributed by atoms with Gasteiger partial charge in [0.25, 0.3) is 5.91 Å². The second kappa shape index (κ2) is 11.7. The van der Waals surface area contributed by atoms with Crippen LogP contribution in [0.2, 0.25) is 0 Å². The summed E-state index contributed by atoms with van der Waals surface area (Å²) in [6.45, 7) is 4.43. The monoisotopic (exact) mass is 521 g/mol. The van der Waals surface area contributed by atoms with E-state index in [2.05, 4.69) is 45.0 Å². The van der Waals surface area contributed by atoms with Crippen molar-refractivity contribution in [3.05, 3.63) is 103 Å². The fraction of sp³-hybridized carbons (Fsp3) is 0.133. The third kappa shape index (κ3) is 5.76. The minimum atomic E-state index is -0.224. The molecule has 0 bridgehead atoms. The van der Waals surface area contributed by atoms with E-state index < -0.39 is 0 Å². The van der Waals surface area contributed by atoms with Crippen LogP contribution in [0.15, 0.2) is 107 Å². The molecule has 1 N–H and O–H groups in total. The van der Waals surface area contributed by atoms with Crippen LogP contribution in [0.5, 0.6) is 5.75 Å². The van der Waals surface area contributed by atoms with Gasteiger partial charge in [0, 0.05) is 11.3 Å². The van der Waals surface area contributed by atoms with Crippen LogP contribution in [0.1, 0.15) is 19.4 Å². The van der Waals surface area contributed by atoms with Gasteiger partial charge in [-0.2, -0.15) is 5.10 Å². The number of aromatic nitrogens is 3. The lowest BCUT2D eigenvalue weighted by atomic mass is 10.0. The van der Waals surface area contributed by atoms with Crippen molar-refractivity contribution >= 4 is 34.2 Å². The Morgan fingerprint density at radius 2 is 1.66 bits per heavy atom. The van der Waals surface area contributed by atoms with Crippen molar-refractivity contribution < 1.29 is 9.53 Å². The molecule has 38 heavy (non-hydrogen) atoms. The minimum Gasteiger partial charge on any atom is -0.494 e. The molecule has 5 rings (SSSR count). The predicted octanol–water partition coefficient (Wildman–Crippen LogP) is 6.12. The number of nitrogens with one attached hydrogen (secondary N) is 1. The molecule has 0 saturated heterocycles. The first kappa shape index (κ1) is 25.2. The molecule has 5 aromatic rings. The molecule has 4 aromatic carbocycles. The zero-order valence-electron chi connectivity index (χ0n) is 21.2. The fourth-order valence-electron chi connectivity index (χ4n) is 4.02. The number of carbonyl (C=O) groups excluding carboxylic acids is 1. The summed E-state index contributed by atoms with van der Waals surface area (Å²) >= 11 is 1.31. The fourth-order valence-corrected chi connectivity index (χ4v) is 4.76. The smallest absolute Gasteiger partial charge is 0.250 e. The lowest BCUT2D eigenvalue weighted by molar-refractivity contribution is -0.118. The van der Waals surface area contributed by atoms with Gasteiger partial charge >= 0.3 is 0 Å². The molecule has 7 nitrogen and oxygen atoms in total. The highest BCUT2D eigenvalue weighted by Crippen LogP contribution is 2.29. The molecule has 0 aliphatic carbocycles. The average Bonchev–Trinajstić information content (AvgIpc) is 3.39. The predicted molar refractivity (Wildman–Crippen MR) is 153 cm³/mol. The molecule has 1 amide bonds. The largest absolute Gasteiger partial charge is 0.494 e. The van der Waals surface area contributed by atoms with Crippen LogP contribution in [0, 0.1) is 0 Å². The highest BCUT2D eigenvalue weighted by molar-refractivity contribution is 7.99. The highest BCUT2D eigenvalue weighted by Gasteiger charge is 2.17. The van der Waals surface area contributed by atoms with Gasteiger partial charge in [0.05, 0.1) is 18.1 Å². The Bertz CT molecular complexity index is 1580. The van der Waals surface area contributed by atoms with Crippen molar-refractivity contribution in [1.29, 1.82) is 0 Å². The number of hydrogen-bond donors (Lipinski definition) is 1. The van der Waals surface area contributed by atoms with Crippen LogP contribution in [0.25, 0.3) is 27.8 Å². The Morgan fingerprint density at radius 3 is 2.42 bits per heavy atom. The van der Waals surface area contributed by atoms with Crippen LogP contribution in [0.3, 0.4) is 0 Å². The van der Waals surface area contributed by atoms with Crippen LogP contribution in [0.4, 0.5) is 0 Å². The average molecular weight is 522 g/mol. The zero-order valence-corrected chi connectivity index (χ0v) is 22.0. The third-order valence-electron chi connectivity index (χ3n) is 5.92. The molecule has 1 aromatic heterocycles. The number of benzene rings is 4. The van der Waals surface area contributed by atoms with E-state index in [-0.39, 0.29) is 11.7 Å². The maximum absolute atomic E-state index is 12.7. The van der Waals surface area contributed by atoms with E-state index in [1.165, 1.54) is 11.8 Å². The number of carbonyl (C=O) groups is 1. The molecule has 0 atom stereocenters. The summed E-state index contributed by atoms with van der Waals surface area (Å²) in [6, 6.07) is 31.9. The number of hydrogen-bond acceptors (Lipinski definition) is 6. The number of amides is 1. The van der Waals surface area contributed by atoms with Crippen molar-refractivity contribution in [3.8, 4) is 22.8 Å². The molecule has 0 fully saturated rings. The SMILES string of the molecule is CCOc1ccc(-n2c(SCC(=O)N/N=C(\C)c3ccc4ccccc4c3)nnc2-c2ccccc2)cc1. The van der Waals surface area contributed by atoms with Crippen molar-refractivity contribution in [2.45, 2.75) is 19.0 Å². The summed E-state index contributed by atoms with van der Waals surface area (Å²) in [7, 11) is 0. The lowest BCUT2D eigenvalue weighted by Crippen LogP contribution is -2.21. The summed E-state index contributed by atoms with van der Waals surface area (Å²) < 4.78 is 7.54. The number of ether oxygens (including phenoxy) is 1. The number of fused-ring (bicyclic) bond motifs is 1. The van der Waals surface area contributed by atoms with Gasteiger partial charge in [0.1, 0.15) is 5.75 Å². The van der Waals surface area contributed by atoms with E-state index in [1.54, 1.807) is 0 Å². The molecule has 0 unspecified atom stereocenters. The Hall–Kier alpha value is -4.43. The van der Waals surface area contributed by atoms with Gasteiger partial charge < -0.3 is 4.74 Å². The second-order valence-electron chi connectivity index (χ2n) is 8.52. The molecule has 1 heterocycles. The molecule has 0 spiro atoms. The first-order valence-corrected chi connectivity index (χ1v) is 13.3. The highest BCUT2D eigenvalue weighted by atomic mass is 32.2. The summed E-state index contributed by atoms with van der Waals surface area (Å²) in [5.74, 6) is 1.40. The number of rotatable bonds is 9. The molecule has 0 radical (unpaired) electrons. The maximum Gasteiger partial charge on any atom is 0.250 e. The van der Waals surface area contributed by atoms with Gasteiger partial charge in [-0.3, -0.25) is 9.36 Å². The van der Waals surface area contributed by atoms with Gasteiger partial charge in [-0.05, 0) is 60.5 Å². The summed E-state index contributed by atoms with van der Waals surface area (Å²) in [5.41, 5.74) is 6.18. The van der Waals surface area contributed by atoms with Crippen molar-refractivity contribution in [2.24, 2.45) is 5.10 Å². The lowest BCUT2D eigenvalue weighted by Gasteiger charge is -2.11. The number of nitrogens with zero attached hydrogens (tertiary/aromatic N) is 4. The topological polar surface area (TPSA) is 81.4 Å². The Kier molecular flexibility index (Phi) is 7.80. The van der Waals surface area contributed by atoms with Gasteiger partial charge in [-0.1, -0.05) is 78.5 Å². The van der Waals surface area contributed by atoms with Gasteiger partial charge in [-0.25, -0.2) is 5.43 Å². The Morgan fingerprint density at radius 1 is 0.921 bits per heavy atom. The van der Waals surface area contributed by atoms with Gasteiger partial charge in [0.2, 0.25) is 0 Å². The molecular formula is C30H27N5O2S. The summed E-state index contributed by atoms with van der Waals surface area (Å²) in [6.07, 6.45) is 0. The molecule has 190 valence electrons. The van der Waals surface area contributed by atoms with Crippen LogP contribution < -0.4 is 10.2 Å². The van der Waals surface area contributed by atoms with E-state index in [9.17, 15) is 4.79 Å². The van der Waals surface area contributed by atoms with Crippen molar-refractivity contribution in [1.82, 2.24) is 20.2 Å². The standard InChI is InChI=1S/C30H27N5O2S/c1-3-37-27-17-15-26(16-18-27)35-29(23-10-5-4-6-11-23)33-34-30(35)38-20-28(36)32-31-21(2)24-14-13-22-9-7-8-12-25(22)19-24/h4-19H,3,20H2,1-2H3,(H,32,36)/b31-21+. The molecular weight excluding hydrogens is 494 g/mol. The number of thioether (sulfide) groups is 1. The Labute approximate surface area is 225 Å². The normalized spacial score (nSPS) is 11.5. The quantitative estimate of drug-likeness (QED) is 0.144. The van der Waals surface area contributed by atoms with Crippen molar-refractivity contribution in [2.75, 3.05) is 12.4 Å².